The van der Waals surface area contributed by atoms with Crippen LogP contribution < -0.4 is 5.32 Å². The van der Waals surface area contributed by atoms with E-state index in [9.17, 15) is 14.4 Å². The van der Waals surface area contributed by atoms with E-state index in [4.69, 9.17) is 4.52 Å². The molecular formula is C24H28N4O4. The molecule has 1 aromatic heterocycles. The van der Waals surface area contributed by atoms with Crippen molar-refractivity contribution < 1.29 is 18.9 Å². The number of piperidine rings is 2. The number of hydrogen-bond donors (Lipinski definition) is 1. The molecule has 168 valence electrons. The van der Waals surface area contributed by atoms with Gasteiger partial charge in [-0.25, -0.2) is 0 Å². The van der Waals surface area contributed by atoms with Crippen molar-refractivity contribution in [1.29, 1.82) is 0 Å². The fourth-order valence-corrected chi connectivity index (χ4v) is 5.22. The molecule has 2 fully saturated rings. The molecule has 8 nitrogen and oxygen atoms in total. The van der Waals surface area contributed by atoms with E-state index in [0.29, 0.717) is 24.4 Å². The second-order valence-corrected chi connectivity index (χ2v) is 9.17. The number of carbonyl (C=O) groups excluding carboxylic acids is 3. The van der Waals surface area contributed by atoms with Crippen LogP contribution in [0.4, 0.5) is 0 Å². The van der Waals surface area contributed by atoms with Crippen molar-refractivity contribution in [3.05, 3.63) is 51.9 Å². The molecule has 0 bridgehead atoms. The number of imide groups is 1. The maximum Gasteiger partial charge on any atom is 0.255 e. The van der Waals surface area contributed by atoms with Gasteiger partial charge < -0.3 is 9.42 Å². The molecule has 0 spiro atoms. The number of amides is 3. The SMILES string of the molecule is Cc1noc(C)c1CN1CCC(c2ccc3c(c2)CN(C2CCC(=O)NC2=O)C3=O)CC1. The molecule has 2 saturated heterocycles. The van der Waals surface area contributed by atoms with Gasteiger partial charge in [0.25, 0.3) is 5.91 Å². The minimum Gasteiger partial charge on any atom is -0.361 e. The standard InChI is InChI=1S/C24H28N4O4/c1-14-20(15(2)32-26-14)13-27-9-7-16(8-10-27)17-3-4-19-18(11-17)12-28(24(19)31)21-5-6-22(29)25-23(21)30/h3-4,11,16,21H,5-10,12-13H2,1-2H3,(H,25,29,30). The summed E-state index contributed by atoms with van der Waals surface area (Å²) < 4.78 is 5.29. The molecule has 1 aromatic carbocycles. The average molecular weight is 437 g/mol. The zero-order chi connectivity index (χ0) is 22.4. The molecule has 1 unspecified atom stereocenters. The Kier molecular flexibility index (Phi) is 5.33. The van der Waals surface area contributed by atoms with E-state index < -0.39 is 6.04 Å². The Labute approximate surface area is 186 Å². The summed E-state index contributed by atoms with van der Waals surface area (Å²) in [6.07, 6.45) is 2.79. The largest absolute Gasteiger partial charge is 0.361 e. The molecule has 32 heavy (non-hydrogen) atoms. The Bertz CT molecular complexity index is 1060. The van der Waals surface area contributed by atoms with Crippen LogP contribution in [0.5, 0.6) is 0 Å². The molecule has 3 aliphatic heterocycles. The first kappa shape index (κ1) is 20.9. The van der Waals surface area contributed by atoms with Crippen molar-refractivity contribution in [2.75, 3.05) is 13.1 Å². The molecule has 5 rings (SSSR count). The molecule has 0 saturated carbocycles. The summed E-state index contributed by atoms with van der Waals surface area (Å²) in [7, 11) is 0. The summed E-state index contributed by atoms with van der Waals surface area (Å²) in [6, 6.07) is 5.56. The van der Waals surface area contributed by atoms with Gasteiger partial charge in [-0.15, -0.1) is 0 Å². The second kappa shape index (κ2) is 8.16. The third-order valence-corrected chi connectivity index (χ3v) is 7.17. The maximum absolute atomic E-state index is 12.9. The van der Waals surface area contributed by atoms with Crippen LogP contribution >= 0.6 is 0 Å². The summed E-state index contributed by atoms with van der Waals surface area (Å²) in [5.74, 6) is 0.608. The number of carbonyl (C=O) groups is 3. The first-order valence-corrected chi connectivity index (χ1v) is 11.3. The van der Waals surface area contributed by atoms with E-state index in [1.54, 1.807) is 4.90 Å². The fraction of sp³-hybridized carbons (Fsp3) is 0.500. The summed E-state index contributed by atoms with van der Waals surface area (Å²) in [5.41, 5.74) is 5.07. The van der Waals surface area contributed by atoms with Gasteiger partial charge in [0, 0.05) is 30.6 Å². The van der Waals surface area contributed by atoms with Crippen molar-refractivity contribution in [2.45, 2.75) is 64.6 Å². The van der Waals surface area contributed by atoms with Crippen molar-refractivity contribution in [1.82, 2.24) is 20.3 Å². The summed E-state index contributed by atoms with van der Waals surface area (Å²) in [4.78, 5) is 40.7. The molecule has 4 heterocycles. The highest BCUT2D eigenvalue weighted by molar-refractivity contribution is 6.05. The Hall–Kier alpha value is -3.00. The quantitative estimate of drug-likeness (QED) is 0.740. The third kappa shape index (κ3) is 3.72. The van der Waals surface area contributed by atoms with Crippen molar-refractivity contribution >= 4 is 17.7 Å². The lowest BCUT2D eigenvalue weighted by molar-refractivity contribution is -0.136. The molecule has 3 amide bonds. The molecule has 3 aliphatic rings. The minimum absolute atomic E-state index is 0.115. The highest BCUT2D eigenvalue weighted by Crippen LogP contribution is 2.34. The van der Waals surface area contributed by atoms with Crippen LogP contribution in [0.25, 0.3) is 0 Å². The van der Waals surface area contributed by atoms with Crippen LogP contribution in [0.2, 0.25) is 0 Å². The van der Waals surface area contributed by atoms with Gasteiger partial charge in [0.15, 0.2) is 0 Å². The van der Waals surface area contributed by atoms with Gasteiger partial charge in [0.05, 0.1) is 5.69 Å². The Morgan fingerprint density at radius 3 is 2.59 bits per heavy atom. The number of aryl methyl sites for hydroxylation is 2. The molecular weight excluding hydrogens is 408 g/mol. The molecule has 1 N–H and O–H groups in total. The average Bonchev–Trinajstić information content (AvgIpc) is 3.27. The topological polar surface area (TPSA) is 95.8 Å². The highest BCUT2D eigenvalue weighted by atomic mass is 16.5. The van der Waals surface area contributed by atoms with Crippen molar-refractivity contribution in [2.24, 2.45) is 0 Å². The predicted octanol–water partition coefficient (Wildman–Crippen LogP) is 2.43. The maximum atomic E-state index is 12.9. The van der Waals surface area contributed by atoms with Gasteiger partial charge in [-0.1, -0.05) is 17.3 Å². The first-order chi connectivity index (χ1) is 15.4. The normalized spacial score (nSPS) is 22.4. The number of likely N-dealkylation sites (tertiary alicyclic amines) is 1. The fourth-order valence-electron chi connectivity index (χ4n) is 5.22. The smallest absolute Gasteiger partial charge is 0.255 e. The zero-order valence-corrected chi connectivity index (χ0v) is 18.5. The lowest BCUT2D eigenvalue weighted by Gasteiger charge is -2.32. The first-order valence-electron chi connectivity index (χ1n) is 11.3. The molecule has 0 aliphatic carbocycles. The Balaban J connectivity index is 1.24. The van der Waals surface area contributed by atoms with Crippen molar-refractivity contribution in [3.8, 4) is 0 Å². The van der Waals surface area contributed by atoms with Crippen LogP contribution in [0.1, 0.15) is 70.1 Å². The van der Waals surface area contributed by atoms with Crippen LogP contribution in [0.3, 0.4) is 0 Å². The van der Waals surface area contributed by atoms with Gasteiger partial charge in [-0.3, -0.25) is 24.6 Å². The summed E-state index contributed by atoms with van der Waals surface area (Å²) in [5, 5.41) is 6.41. The number of rotatable bonds is 4. The van der Waals surface area contributed by atoms with Gasteiger partial charge in [-0.05, 0) is 69.3 Å². The number of fused-ring (bicyclic) bond motifs is 1. The summed E-state index contributed by atoms with van der Waals surface area (Å²) >= 11 is 0. The third-order valence-electron chi connectivity index (χ3n) is 7.17. The van der Waals surface area contributed by atoms with Gasteiger partial charge in [0.2, 0.25) is 11.8 Å². The van der Waals surface area contributed by atoms with Crippen LogP contribution in [-0.2, 0) is 22.7 Å². The van der Waals surface area contributed by atoms with E-state index in [-0.39, 0.29) is 24.1 Å². The number of hydrogen-bond acceptors (Lipinski definition) is 6. The van der Waals surface area contributed by atoms with Crippen LogP contribution in [0, 0.1) is 13.8 Å². The number of nitrogens with one attached hydrogen (secondary N) is 1. The predicted molar refractivity (Wildman–Crippen MR) is 116 cm³/mol. The highest BCUT2D eigenvalue weighted by Gasteiger charge is 2.39. The van der Waals surface area contributed by atoms with Crippen molar-refractivity contribution in [3.63, 3.8) is 0 Å². The molecule has 1 atom stereocenters. The molecule has 2 aromatic rings. The van der Waals surface area contributed by atoms with E-state index in [1.165, 1.54) is 11.1 Å². The second-order valence-electron chi connectivity index (χ2n) is 9.17. The number of nitrogens with zero attached hydrogens (tertiary/aromatic N) is 3. The summed E-state index contributed by atoms with van der Waals surface area (Å²) in [6.45, 7) is 7.27. The van der Waals surface area contributed by atoms with Crippen LogP contribution in [-0.4, -0.2) is 51.8 Å². The molecule has 0 radical (unpaired) electrons. The Morgan fingerprint density at radius 1 is 1.12 bits per heavy atom. The van der Waals surface area contributed by atoms with E-state index in [1.807, 2.05) is 19.9 Å². The Morgan fingerprint density at radius 2 is 1.91 bits per heavy atom. The van der Waals surface area contributed by atoms with Gasteiger partial charge in [-0.2, -0.15) is 0 Å². The van der Waals surface area contributed by atoms with E-state index in [2.05, 4.69) is 27.5 Å². The monoisotopic (exact) mass is 436 g/mol. The van der Waals surface area contributed by atoms with Gasteiger partial charge in [0.1, 0.15) is 11.8 Å². The number of aromatic nitrogens is 1. The van der Waals surface area contributed by atoms with E-state index >= 15 is 0 Å². The van der Waals surface area contributed by atoms with E-state index in [0.717, 1.165) is 49.5 Å². The van der Waals surface area contributed by atoms with Crippen LogP contribution in [0.15, 0.2) is 22.7 Å². The number of benzene rings is 1. The minimum atomic E-state index is -0.566. The molecule has 8 heteroatoms. The lowest BCUT2D eigenvalue weighted by Crippen LogP contribution is -2.52. The van der Waals surface area contributed by atoms with Gasteiger partial charge >= 0.3 is 0 Å². The lowest BCUT2D eigenvalue weighted by atomic mass is 9.87. The zero-order valence-electron chi connectivity index (χ0n) is 18.5.